The first-order chi connectivity index (χ1) is 7.42. The molecule has 0 aromatic heterocycles. The minimum atomic E-state index is -6.47. The van der Waals surface area contributed by atoms with E-state index in [9.17, 15) is 41.0 Å². The molecule has 0 aromatic rings. The van der Waals surface area contributed by atoms with E-state index in [1.54, 1.807) is 0 Å². The zero-order valence-corrected chi connectivity index (χ0v) is 8.11. The lowest BCUT2D eigenvalue weighted by atomic mass is 10.0. The number of carboxylic acids is 1. The van der Waals surface area contributed by atoms with Gasteiger partial charge in [0.2, 0.25) is 0 Å². The molecule has 100 valence electrons. The molecule has 0 radical (unpaired) electrons. The molecule has 0 rings (SSSR count). The fourth-order valence-electron chi connectivity index (χ4n) is 0.675. The molecule has 0 aliphatic carbocycles. The van der Waals surface area contributed by atoms with Crippen LogP contribution in [0.4, 0.5) is 26.3 Å². The van der Waals surface area contributed by atoms with Crippen LogP contribution in [0.1, 0.15) is 6.92 Å². The first-order valence-corrected chi connectivity index (χ1v) is 3.95. The summed E-state index contributed by atoms with van der Waals surface area (Å²) in [5.74, 6) is -25.4. The predicted molar refractivity (Wildman–Crippen MR) is 36.5 cm³/mol. The van der Waals surface area contributed by atoms with Gasteiger partial charge in [0.25, 0.3) is 0 Å². The number of carbonyl (C=O) groups is 2. The van der Waals surface area contributed by atoms with Crippen LogP contribution < -0.4 is 5.11 Å². The first-order valence-electron chi connectivity index (χ1n) is 3.95. The van der Waals surface area contributed by atoms with Gasteiger partial charge in [0.1, 0.15) is 5.97 Å². The molecule has 0 unspecified atom stereocenters. The van der Waals surface area contributed by atoms with Crippen LogP contribution in [0.15, 0.2) is 0 Å². The van der Waals surface area contributed by atoms with E-state index in [0.29, 0.717) is 0 Å². The molecule has 0 saturated carbocycles. The van der Waals surface area contributed by atoms with Crippen molar-refractivity contribution >= 4 is 11.9 Å². The maximum absolute atomic E-state index is 12.6. The Morgan fingerprint density at radius 3 is 1.76 bits per heavy atom. The van der Waals surface area contributed by atoms with Crippen LogP contribution in [0.3, 0.4) is 0 Å². The molecule has 0 amide bonds. The van der Waals surface area contributed by atoms with E-state index in [0.717, 1.165) is 6.92 Å². The Morgan fingerprint density at radius 1 is 1.06 bits per heavy atom. The van der Waals surface area contributed by atoms with Crippen molar-refractivity contribution in [2.45, 2.75) is 24.7 Å². The predicted octanol–water partition coefficient (Wildman–Crippen LogP) is 0.205. The highest BCUT2D eigenvalue weighted by molar-refractivity contribution is 5.83. The summed E-state index contributed by atoms with van der Waals surface area (Å²) in [5.41, 5.74) is 0. The van der Waals surface area contributed by atoms with Gasteiger partial charge in [0.05, 0.1) is 6.61 Å². The Kier molecular flexibility index (Phi) is 4.03. The molecule has 17 heavy (non-hydrogen) atoms. The smallest absolute Gasteiger partial charge is 0.411 e. The summed E-state index contributed by atoms with van der Waals surface area (Å²) < 4.78 is 78.5. The van der Waals surface area contributed by atoms with Crippen molar-refractivity contribution < 1.29 is 45.8 Å². The zero-order valence-electron chi connectivity index (χ0n) is 8.11. The van der Waals surface area contributed by atoms with Gasteiger partial charge in [-0.15, -0.1) is 0 Å². The van der Waals surface area contributed by atoms with Gasteiger partial charge in [0, 0.05) is 0 Å². The second-order valence-electron chi connectivity index (χ2n) is 2.73. The monoisotopic (exact) mass is 267 g/mol. The van der Waals surface area contributed by atoms with Gasteiger partial charge >= 0.3 is 23.7 Å². The quantitative estimate of drug-likeness (QED) is 0.527. The molecule has 0 spiro atoms. The summed E-state index contributed by atoms with van der Waals surface area (Å²) in [6.07, 6.45) is 0. The maximum atomic E-state index is 12.6. The Hall–Kier alpha value is -1.48. The molecule has 0 N–H and O–H groups in total. The third-order valence-electron chi connectivity index (χ3n) is 1.58. The molecule has 10 heteroatoms. The number of aliphatic carboxylic acids is 1. The number of alkyl halides is 6. The highest BCUT2D eigenvalue weighted by atomic mass is 19.3. The highest BCUT2D eigenvalue weighted by Gasteiger charge is 2.76. The molecule has 4 nitrogen and oxygen atoms in total. The molecule has 0 fully saturated rings. The average molecular weight is 267 g/mol. The fourth-order valence-corrected chi connectivity index (χ4v) is 0.675. The number of carbonyl (C=O) groups excluding carboxylic acids is 2. The summed E-state index contributed by atoms with van der Waals surface area (Å²) in [4.78, 5) is 20.1. The summed E-state index contributed by atoms with van der Waals surface area (Å²) in [6, 6.07) is 0. The Labute approximate surface area is 90.2 Å². The zero-order chi connectivity index (χ0) is 14.1. The SMILES string of the molecule is CCOC(=O)C(F)(F)C(F)(F)C(F)(F)C(=O)[O-]. The molecule has 0 aliphatic rings. The second kappa shape index (κ2) is 4.41. The third-order valence-corrected chi connectivity index (χ3v) is 1.58. The van der Waals surface area contributed by atoms with Crippen LogP contribution in [0, 0.1) is 0 Å². The lowest BCUT2D eigenvalue weighted by Gasteiger charge is -2.31. The van der Waals surface area contributed by atoms with E-state index in [4.69, 9.17) is 0 Å². The van der Waals surface area contributed by atoms with Crippen LogP contribution in [0.25, 0.3) is 0 Å². The molecular formula is C7H5F6O4-. The molecule has 0 aliphatic heterocycles. The van der Waals surface area contributed by atoms with E-state index < -0.39 is 36.3 Å². The normalized spacial score (nSPS) is 13.4. The van der Waals surface area contributed by atoms with Gasteiger partial charge in [0.15, 0.2) is 0 Å². The van der Waals surface area contributed by atoms with Gasteiger partial charge in [-0.25, -0.2) is 4.79 Å². The standard InChI is InChI=1S/C7H6F6O4/c1-2-17-4(16)6(10,11)7(12,13)5(8,9)3(14)15/h2H2,1H3,(H,14,15)/p-1. The maximum Gasteiger partial charge on any atom is 0.411 e. The molecular weight excluding hydrogens is 262 g/mol. The van der Waals surface area contributed by atoms with Crippen molar-refractivity contribution in [1.82, 2.24) is 0 Å². The first kappa shape index (κ1) is 15.5. The fraction of sp³-hybridized carbons (Fsp3) is 0.714. The number of carboxylic acid groups (broad SMARTS) is 1. The highest BCUT2D eigenvalue weighted by Crippen LogP contribution is 2.46. The van der Waals surface area contributed by atoms with Gasteiger partial charge in [-0.1, -0.05) is 0 Å². The van der Waals surface area contributed by atoms with Crippen molar-refractivity contribution in [3.05, 3.63) is 0 Å². The summed E-state index contributed by atoms with van der Waals surface area (Å²) >= 11 is 0. The largest absolute Gasteiger partial charge is 0.544 e. The third kappa shape index (κ3) is 2.29. The minimum Gasteiger partial charge on any atom is -0.544 e. The molecule has 0 aromatic carbocycles. The summed E-state index contributed by atoms with van der Waals surface area (Å²) in [6.45, 7) is 0.185. The van der Waals surface area contributed by atoms with Crippen molar-refractivity contribution in [3.63, 3.8) is 0 Å². The summed E-state index contributed by atoms with van der Waals surface area (Å²) in [5, 5.41) is 9.67. The molecule has 0 bridgehead atoms. The van der Waals surface area contributed by atoms with Gasteiger partial charge in [-0.3, -0.25) is 0 Å². The lowest BCUT2D eigenvalue weighted by molar-refractivity contribution is -0.366. The number of rotatable bonds is 5. The number of esters is 1. The molecule has 0 saturated heterocycles. The Morgan fingerprint density at radius 2 is 1.47 bits per heavy atom. The summed E-state index contributed by atoms with van der Waals surface area (Å²) in [7, 11) is 0. The molecule has 0 atom stereocenters. The van der Waals surface area contributed by atoms with E-state index in [1.165, 1.54) is 0 Å². The molecule has 0 heterocycles. The minimum absolute atomic E-state index is 0.776. The van der Waals surface area contributed by atoms with Gasteiger partial charge < -0.3 is 14.6 Å². The number of hydrogen-bond donors (Lipinski definition) is 0. The number of hydrogen-bond acceptors (Lipinski definition) is 4. The Balaban J connectivity index is 5.44. The lowest BCUT2D eigenvalue weighted by Crippen LogP contribution is -2.64. The van der Waals surface area contributed by atoms with E-state index >= 15 is 0 Å². The van der Waals surface area contributed by atoms with E-state index in [2.05, 4.69) is 4.74 Å². The van der Waals surface area contributed by atoms with Crippen molar-refractivity contribution in [3.8, 4) is 0 Å². The van der Waals surface area contributed by atoms with Crippen LogP contribution >= 0.6 is 0 Å². The van der Waals surface area contributed by atoms with Crippen LogP contribution in [-0.2, 0) is 14.3 Å². The topological polar surface area (TPSA) is 66.4 Å². The Bertz CT molecular complexity index is 326. The van der Waals surface area contributed by atoms with Crippen LogP contribution in [0.2, 0.25) is 0 Å². The van der Waals surface area contributed by atoms with Gasteiger partial charge in [-0.2, -0.15) is 26.3 Å². The number of halogens is 6. The van der Waals surface area contributed by atoms with Gasteiger partial charge in [-0.05, 0) is 6.92 Å². The second-order valence-corrected chi connectivity index (χ2v) is 2.73. The van der Waals surface area contributed by atoms with Crippen LogP contribution in [-0.4, -0.2) is 36.3 Å². The van der Waals surface area contributed by atoms with E-state index in [-0.39, 0.29) is 0 Å². The number of ether oxygens (including phenoxy) is 1. The van der Waals surface area contributed by atoms with E-state index in [1.807, 2.05) is 0 Å². The van der Waals surface area contributed by atoms with Crippen LogP contribution in [0.5, 0.6) is 0 Å². The average Bonchev–Trinajstić information content (AvgIpc) is 2.17. The van der Waals surface area contributed by atoms with Crippen molar-refractivity contribution in [1.29, 1.82) is 0 Å². The van der Waals surface area contributed by atoms with Crippen molar-refractivity contribution in [2.75, 3.05) is 6.61 Å². The van der Waals surface area contributed by atoms with Crippen molar-refractivity contribution in [2.24, 2.45) is 0 Å².